The van der Waals surface area contributed by atoms with Gasteiger partial charge in [-0.05, 0) is 54.0 Å². The molecular weight excluding hydrogens is 392 g/mol. The van der Waals surface area contributed by atoms with Crippen LogP contribution in [-0.4, -0.2) is 15.0 Å². The van der Waals surface area contributed by atoms with Crippen LogP contribution in [0.2, 0.25) is 0 Å². The minimum Gasteiger partial charge on any atom is -0.360 e. The normalized spacial score (nSPS) is 14.4. The predicted octanol–water partition coefficient (Wildman–Crippen LogP) is 6.74. The maximum Gasteiger partial charge on any atom is 0.161 e. The third-order valence-electron chi connectivity index (χ3n) is 6.34. The van der Waals surface area contributed by atoms with E-state index in [9.17, 15) is 0 Å². The zero-order valence-electron chi connectivity index (χ0n) is 18.8. The summed E-state index contributed by atoms with van der Waals surface area (Å²) in [4.78, 5) is 13.9. The average Bonchev–Trinajstić information content (AvgIpc) is 3.62. The molecule has 1 aliphatic carbocycles. The highest BCUT2D eigenvalue weighted by atomic mass is 15.1. The second kappa shape index (κ2) is 8.19. The topological polar surface area (TPSA) is 50.7 Å². The largest absolute Gasteiger partial charge is 0.360 e. The number of nitrogens with one attached hydrogen (secondary N) is 1. The molecule has 1 saturated carbocycles. The molecule has 160 valence electrons. The summed E-state index contributed by atoms with van der Waals surface area (Å²) in [5.74, 6) is 2.12. The van der Waals surface area contributed by atoms with Gasteiger partial charge in [0.25, 0.3) is 0 Å². The van der Waals surface area contributed by atoms with Crippen LogP contribution < -0.4 is 5.32 Å². The van der Waals surface area contributed by atoms with E-state index < -0.39 is 0 Å². The summed E-state index contributed by atoms with van der Waals surface area (Å²) >= 11 is 0. The number of hydrogen-bond acceptors (Lipinski definition) is 4. The van der Waals surface area contributed by atoms with Crippen LogP contribution in [0.25, 0.3) is 22.5 Å². The van der Waals surface area contributed by atoms with Crippen LogP contribution in [0.1, 0.15) is 49.3 Å². The molecule has 0 atom stereocenters. The Morgan fingerprint density at radius 2 is 1.66 bits per heavy atom. The molecule has 4 aromatic rings. The quantitative estimate of drug-likeness (QED) is 0.375. The van der Waals surface area contributed by atoms with Gasteiger partial charge in [-0.3, -0.25) is 4.98 Å². The molecule has 2 aromatic heterocycles. The van der Waals surface area contributed by atoms with Gasteiger partial charge in [0.05, 0.1) is 5.54 Å². The van der Waals surface area contributed by atoms with E-state index in [0.717, 1.165) is 41.2 Å². The summed E-state index contributed by atoms with van der Waals surface area (Å²) < 4.78 is 0. The molecule has 0 amide bonds. The molecule has 1 aliphatic rings. The Hall–Kier alpha value is -3.53. The summed E-state index contributed by atoms with van der Waals surface area (Å²) in [7, 11) is 0. The number of nitrogens with zero attached hydrogens (tertiary/aromatic N) is 3. The molecule has 2 heterocycles. The van der Waals surface area contributed by atoms with E-state index in [1.165, 1.54) is 16.7 Å². The van der Waals surface area contributed by atoms with E-state index in [1.807, 2.05) is 18.5 Å². The molecule has 0 bridgehead atoms. The molecule has 1 fully saturated rings. The number of anilines is 1. The lowest BCUT2D eigenvalue weighted by Crippen LogP contribution is -2.20. The highest BCUT2D eigenvalue weighted by Gasteiger charge is 2.45. The third kappa shape index (κ3) is 3.89. The number of aromatic nitrogens is 3. The Bertz CT molecular complexity index is 1230. The van der Waals surface area contributed by atoms with Crippen LogP contribution in [0.15, 0.2) is 79.3 Å². The smallest absolute Gasteiger partial charge is 0.161 e. The minimum absolute atomic E-state index is 0.0541. The SMILES string of the molecule is Cc1cnc(-c2ccccc2C(C)C)nc1NC1(c2ccc(-c3cccnc3)cc2)CC1. The Balaban J connectivity index is 1.44. The maximum atomic E-state index is 4.97. The second-order valence-electron chi connectivity index (χ2n) is 8.99. The number of aryl methyl sites for hydroxylation is 1. The van der Waals surface area contributed by atoms with E-state index in [2.05, 4.69) is 90.7 Å². The molecule has 2 aromatic carbocycles. The van der Waals surface area contributed by atoms with Gasteiger partial charge in [0, 0.05) is 29.7 Å². The van der Waals surface area contributed by atoms with Gasteiger partial charge in [-0.25, -0.2) is 9.97 Å². The Labute approximate surface area is 189 Å². The van der Waals surface area contributed by atoms with Crippen LogP contribution in [0, 0.1) is 6.92 Å². The standard InChI is InChI=1S/C28H28N4/c1-19(2)24-8-4-5-9-25(24)27-30-17-20(3)26(31-27)32-28(14-15-28)23-12-10-21(11-13-23)22-7-6-16-29-18-22/h4-13,16-19H,14-15H2,1-3H3,(H,30,31,32). The van der Waals surface area contributed by atoms with Crippen molar-refractivity contribution >= 4 is 5.82 Å². The monoisotopic (exact) mass is 420 g/mol. The van der Waals surface area contributed by atoms with Crippen molar-refractivity contribution in [2.75, 3.05) is 5.32 Å². The molecule has 0 unspecified atom stereocenters. The van der Waals surface area contributed by atoms with Gasteiger partial charge in [0.15, 0.2) is 5.82 Å². The van der Waals surface area contributed by atoms with Crippen molar-refractivity contribution in [2.24, 2.45) is 0 Å². The van der Waals surface area contributed by atoms with Crippen LogP contribution in [0.5, 0.6) is 0 Å². The first-order chi connectivity index (χ1) is 15.6. The fourth-order valence-electron chi connectivity index (χ4n) is 4.26. The van der Waals surface area contributed by atoms with E-state index >= 15 is 0 Å². The van der Waals surface area contributed by atoms with Gasteiger partial charge in [-0.1, -0.05) is 68.4 Å². The van der Waals surface area contributed by atoms with E-state index in [-0.39, 0.29) is 5.54 Å². The van der Waals surface area contributed by atoms with Crippen molar-refractivity contribution in [1.29, 1.82) is 0 Å². The summed E-state index contributed by atoms with van der Waals surface area (Å²) in [5.41, 5.74) is 7.01. The zero-order valence-corrected chi connectivity index (χ0v) is 18.8. The number of rotatable bonds is 6. The maximum absolute atomic E-state index is 4.97. The van der Waals surface area contributed by atoms with Gasteiger partial charge in [-0.2, -0.15) is 0 Å². The first-order valence-corrected chi connectivity index (χ1v) is 11.3. The molecule has 0 saturated heterocycles. The fraction of sp³-hybridized carbons (Fsp3) is 0.250. The molecule has 4 heteroatoms. The lowest BCUT2D eigenvalue weighted by atomic mass is 9.97. The van der Waals surface area contributed by atoms with Gasteiger partial charge >= 0.3 is 0 Å². The summed E-state index contributed by atoms with van der Waals surface area (Å²) in [6.07, 6.45) is 7.84. The third-order valence-corrected chi connectivity index (χ3v) is 6.34. The number of hydrogen-bond donors (Lipinski definition) is 1. The van der Waals surface area contributed by atoms with Crippen LogP contribution in [-0.2, 0) is 5.54 Å². The van der Waals surface area contributed by atoms with Crippen molar-refractivity contribution < 1.29 is 0 Å². The summed E-state index contributed by atoms with van der Waals surface area (Å²) in [6, 6.07) is 21.3. The Morgan fingerprint density at radius 1 is 0.875 bits per heavy atom. The molecule has 0 radical (unpaired) electrons. The minimum atomic E-state index is -0.0541. The van der Waals surface area contributed by atoms with Crippen molar-refractivity contribution in [1.82, 2.24) is 15.0 Å². The van der Waals surface area contributed by atoms with Crippen LogP contribution in [0.4, 0.5) is 5.82 Å². The second-order valence-corrected chi connectivity index (χ2v) is 8.99. The lowest BCUT2D eigenvalue weighted by molar-refractivity contribution is 0.796. The van der Waals surface area contributed by atoms with E-state index in [4.69, 9.17) is 4.98 Å². The highest BCUT2D eigenvalue weighted by molar-refractivity contribution is 5.65. The average molecular weight is 421 g/mol. The molecule has 1 N–H and O–H groups in total. The Kier molecular flexibility index (Phi) is 5.22. The Morgan fingerprint density at radius 3 is 2.34 bits per heavy atom. The van der Waals surface area contributed by atoms with Crippen molar-refractivity contribution in [3.63, 3.8) is 0 Å². The van der Waals surface area contributed by atoms with Crippen LogP contribution >= 0.6 is 0 Å². The molecule has 5 rings (SSSR count). The fourth-order valence-corrected chi connectivity index (χ4v) is 4.26. The zero-order chi connectivity index (χ0) is 22.1. The van der Waals surface area contributed by atoms with Gasteiger partial charge in [0.2, 0.25) is 0 Å². The molecule has 0 aliphatic heterocycles. The van der Waals surface area contributed by atoms with Gasteiger partial charge in [0.1, 0.15) is 5.82 Å². The molecular formula is C28H28N4. The first-order valence-electron chi connectivity index (χ1n) is 11.3. The molecule has 0 spiro atoms. The molecule has 32 heavy (non-hydrogen) atoms. The number of pyridine rings is 1. The predicted molar refractivity (Wildman–Crippen MR) is 131 cm³/mol. The van der Waals surface area contributed by atoms with Gasteiger partial charge < -0.3 is 5.32 Å². The van der Waals surface area contributed by atoms with Crippen molar-refractivity contribution in [3.05, 3.63) is 95.9 Å². The summed E-state index contributed by atoms with van der Waals surface area (Å²) in [6.45, 7) is 6.49. The van der Waals surface area contributed by atoms with Crippen LogP contribution in [0.3, 0.4) is 0 Å². The van der Waals surface area contributed by atoms with E-state index in [1.54, 1.807) is 6.20 Å². The van der Waals surface area contributed by atoms with Crippen molar-refractivity contribution in [2.45, 2.75) is 45.1 Å². The van der Waals surface area contributed by atoms with E-state index in [0.29, 0.717) is 5.92 Å². The number of benzene rings is 2. The highest BCUT2D eigenvalue weighted by Crippen LogP contribution is 2.48. The first kappa shape index (κ1) is 20.4. The van der Waals surface area contributed by atoms with Crippen molar-refractivity contribution in [3.8, 4) is 22.5 Å². The lowest BCUT2D eigenvalue weighted by Gasteiger charge is -2.21. The summed E-state index contributed by atoms with van der Waals surface area (Å²) in [5, 5.41) is 3.77. The van der Waals surface area contributed by atoms with Gasteiger partial charge in [-0.15, -0.1) is 0 Å². The molecule has 4 nitrogen and oxygen atoms in total.